The van der Waals surface area contributed by atoms with Crippen LogP contribution in [0, 0.1) is 0 Å². The number of nitrogens with one attached hydrogen (secondary N) is 1. The highest BCUT2D eigenvalue weighted by Crippen LogP contribution is 2.53. The zero-order chi connectivity index (χ0) is 43.1. The summed E-state index contributed by atoms with van der Waals surface area (Å²) in [4.78, 5) is 13.2. The Morgan fingerprint density at radius 3 is 2.33 bits per heavy atom. The van der Waals surface area contributed by atoms with Crippen LogP contribution in [0.25, 0.3) is 17.4 Å². The number of methoxy groups -OCH3 is 1. The van der Waals surface area contributed by atoms with Crippen molar-refractivity contribution in [2.24, 2.45) is 0 Å². The third-order valence-corrected chi connectivity index (χ3v) is 12.9. The van der Waals surface area contributed by atoms with Crippen LogP contribution >= 0.6 is 0 Å². The molecule has 0 fully saturated rings. The van der Waals surface area contributed by atoms with Gasteiger partial charge in [-0.1, -0.05) is 38.5 Å². The van der Waals surface area contributed by atoms with E-state index in [1.165, 1.54) is 13.2 Å². The molecule has 0 amide bonds. The van der Waals surface area contributed by atoms with E-state index in [4.69, 9.17) is 18.8 Å². The van der Waals surface area contributed by atoms with Crippen LogP contribution in [0.2, 0.25) is 0 Å². The minimum Gasteiger partial charge on any atom is -0.481 e. The van der Waals surface area contributed by atoms with Gasteiger partial charge in [0.15, 0.2) is 0 Å². The number of fused-ring (bicyclic) bond motifs is 2. The lowest BCUT2D eigenvalue weighted by atomic mass is 9.77. The highest BCUT2D eigenvalue weighted by atomic mass is 32.2. The molecule has 18 heteroatoms. The Bertz CT molecular complexity index is 2290. The zero-order valence-corrected chi connectivity index (χ0v) is 36.3. The summed E-state index contributed by atoms with van der Waals surface area (Å²) in [6.07, 6.45) is 9.28. The molecule has 0 bridgehead atoms. The molecule has 2 heterocycles. The first kappa shape index (κ1) is 48.5. The standard InChI is InChI=1S/C38H51N3O12S3.C2H6/c1-4-40(22-11-27-55(47,48)49)30-17-18-31-29(19-24-53-33(31)28-30)12-8-15-35-38(2,20-10-26-54(44,45)46)37-32(41(35)23-7-5-6-16-36(42)43)13-9-14-34(37)56(50,51)39-21-25-52-3;1-2/h8-9,12-15,17-19,24,28,39H,4-7,10-11,16,20-23,25-27H2,1-3H3,(H2-,42,43,44,45,46,47,48,49);1-2H3/p+1. The topological polar surface area (TPSA) is 221 Å². The quantitative estimate of drug-likeness (QED) is 0.0566. The van der Waals surface area contributed by atoms with Gasteiger partial charge in [-0.25, -0.2) is 17.7 Å². The van der Waals surface area contributed by atoms with Crippen molar-refractivity contribution >= 4 is 48.0 Å². The van der Waals surface area contributed by atoms with Crippen LogP contribution in [0.4, 0.5) is 5.69 Å². The second-order valence-corrected chi connectivity index (χ2v) is 18.7. The molecule has 0 spiro atoms. The number of benzene rings is 2. The van der Waals surface area contributed by atoms with E-state index in [0.717, 1.165) is 16.5 Å². The highest BCUT2D eigenvalue weighted by Gasteiger charge is 2.46. The Morgan fingerprint density at radius 1 is 0.966 bits per heavy atom. The maximum absolute atomic E-state index is 13.8. The summed E-state index contributed by atoms with van der Waals surface area (Å²) >= 11 is 0. The Morgan fingerprint density at radius 2 is 1.67 bits per heavy atom. The monoisotopic (exact) mass is 868 g/mol. The van der Waals surface area contributed by atoms with Gasteiger partial charge < -0.3 is 19.2 Å². The molecular weight excluding hydrogens is 811 g/mol. The summed E-state index contributed by atoms with van der Waals surface area (Å²) in [7, 11) is -11.0. The van der Waals surface area contributed by atoms with Crippen LogP contribution in [-0.4, -0.2) is 96.8 Å². The van der Waals surface area contributed by atoms with Crippen molar-refractivity contribution < 1.29 is 53.4 Å². The van der Waals surface area contributed by atoms with Crippen molar-refractivity contribution in [2.75, 3.05) is 56.3 Å². The molecule has 4 rings (SSSR count). The SMILES string of the molecule is CC.CC[N+](CCCS(=O)(=O)O)=c1ccc2c(/C=C/C=C3/N(CCCCCC(=O)O)c4cccc(S(=O)(=O)NCCOC)c4C3(C)CCCS(=O)(=O)O)ccoc-2c1. The van der Waals surface area contributed by atoms with E-state index in [0.29, 0.717) is 61.6 Å². The molecule has 1 aromatic rings. The van der Waals surface area contributed by atoms with Crippen LogP contribution in [-0.2, 0) is 45.2 Å². The predicted molar refractivity (Wildman–Crippen MR) is 225 cm³/mol. The molecule has 0 saturated carbocycles. The van der Waals surface area contributed by atoms with Crippen molar-refractivity contribution in [1.29, 1.82) is 0 Å². The van der Waals surface area contributed by atoms with Gasteiger partial charge in [-0.05, 0) is 75.4 Å². The first-order chi connectivity index (χ1) is 27.4. The first-order valence-corrected chi connectivity index (χ1v) is 24.1. The lowest BCUT2D eigenvalue weighted by Gasteiger charge is -2.31. The third-order valence-electron chi connectivity index (χ3n) is 9.77. The van der Waals surface area contributed by atoms with E-state index in [-0.39, 0.29) is 49.5 Å². The average Bonchev–Trinajstić information content (AvgIpc) is 3.39. The van der Waals surface area contributed by atoms with Crippen molar-refractivity contribution in [3.05, 3.63) is 83.1 Å². The highest BCUT2D eigenvalue weighted by molar-refractivity contribution is 7.89. The summed E-state index contributed by atoms with van der Waals surface area (Å²) < 4.78 is 108. The Labute approximate surface area is 343 Å². The van der Waals surface area contributed by atoms with Crippen molar-refractivity contribution in [3.8, 4) is 11.3 Å². The molecule has 2 aliphatic heterocycles. The molecule has 1 aliphatic carbocycles. The number of hydrogen-bond donors (Lipinski definition) is 4. The van der Waals surface area contributed by atoms with E-state index >= 15 is 0 Å². The molecule has 0 aromatic heterocycles. The summed E-state index contributed by atoms with van der Waals surface area (Å²) in [5.74, 6) is -1.18. The van der Waals surface area contributed by atoms with Crippen molar-refractivity contribution in [2.45, 2.75) is 83.0 Å². The average molecular weight is 869 g/mol. The molecular formula is C40H58N3O12S3+. The van der Waals surface area contributed by atoms with Gasteiger partial charge in [-0.15, -0.1) is 0 Å². The number of nitrogens with zero attached hydrogens (tertiary/aromatic N) is 2. The van der Waals surface area contributed by atoms with E-state index < -0.39 is 47.4 Å². The van der Waals surface area contributed by atoms with Gasteiger partial charge in [0.25, 0.3) is 20.2 Å². The minimum atomic E-state index is -4.31. The molecule has 0 saturated heterocycles. The number of carboxylic acids is 1. The Kier molecular flexibility index (Phi) is 18.3. The number of sulfonamides is 1. The lowest BCUT2D eigenvalue weighted by molar-refractivity contribution is -0.137. The van der Waals surface area contributed by atoms with E-state index in [2.05, 4.69) is 4.72 Å². The van der Waals surface area contributed by atoms with Crippen LogP contribution in [0.15, 0.2) is 75.9 Å². The molecule has 4 N–H and O–H groups in total. The molecule has 0 radical (unpaired) electrons. The second-order valence-electron chi connectivity index (χ2n) is 13.8. The largest absolute Gasteiger partial charge is 0.481 e. The van der Waals surface area contributed by atoms with Gasteiger partial charge in [-0.2, -0.15) is 16.8 Å². The van der Waals surface area contributed by atoms with Gasteiger partial charge in [-0.3, -0.25) is 13.9 Å². The fourth-order valence-electron chi connectivity index (χ4n) is 7.14. The maximum Gasteiger partial charge on any atom is 0.303 e. The second kappa shape index (κ2) is 21.9. The molecule has 1 atom stereocenters. The molecule has 58 heavy (non-hydrogen) atoms. The zero-order valence-electron chi connectivity index (χ0n) is 33.9. The van der Waals surface area contributed by atoms with Gasteiger partial charge in [0.05, 0.1) is 35.3 Å². The third kappa shape index (κ3) is 13.6. The van der Waals surface area contributed by atoms with E-state index in [9.17, 15) is 34.6 Å². The normalized spacial score (nSPS) is 17.1. The Hall–Kier alpha value is -3.91. The Balaban J connectivity index is 0.00000443. The van der Waals surface area contributed by atoms with Crippen LogP contribution in [0.1, 0.15) is 83.8 Å². The van der Waals surface area contributed by atoms with Gasteiger partial charge in [0.2, 0.25) is 15.4 Å². The molecule has 1 unspecified atom stereocenters. The molecule has 1 aromatic carbocycles. The number of unbranched alkanes of at least 4 members (excludes halogenated alkanes) is 2. The number of anilines is 1. The number of aliphatic carboxylic acids is 1. The predicted octanol–water partition coefficient (Wildman–Crippen LogP) is 5.39. The number of hydrogen-bond acceptors (Lipinski definition) is 10. The maximum atomic E-state index is 13.8. The first-order valence-electron chi connectivity index (χ1n) is 19.4. The fraction of sp³-hybridized carbons (Fsp3) is 0.500. The number of carboxylic acid groups (broad SMARTS) is 1. The summed E-state index contributed by atoms with van der Waals surface area (Å²) in [5.41, 5.74) is 2.36. The van der Waals surface area contributed by atoms with Gasteiger partial charge >= 0.3 is 5.97 Å². The minimum absolute atomic E-state index is 0.0221. The molecule has 3 aliphatic rings. The van der Waals surface area contributed by atoms with Gasteiger partial charge in [0.1, 0.15) is 18.8 Å². The lowest BCUT2D eigenvalue weighted by Crippen LogP contribution is -2.32. The number of carbonyl (C=O) groups is 1. The molecule has 15 nitrogen and oxygen atoms in total. The van der Waals surface area contributed by atoms with Gasteiger partial charge in [0, 0.05) is 67.0 Å². The summed E-state index contributed by atoms with van der Waals surface area (Å²) in [5, 5.41) is 9.97. The fourth-order valence-corrected chi connectivity index (χ4v) is 9.51. The number of rotatable bonds is 22. The van der Waals surface area contributed by atoms with E-state index in [1.54, 1.807) is 18.4 Å². The summed E-state index contributed by atoms with van der Waals surface area (Å²) in [6, 6.07) is 12.4. The van der Waals surface area contributed by atoms with E-state index in [1.807, 2.05) is 79.7 Å². The number of ether oxygens (including phenoxy) is 1. The van der Waals surface area contributed by atoms with Crippen LogP contribution in [0.5, 0.6) is 0 Å². The smallest absolute Gasteiger partial charge is 0.303 e. The van der Waals surface area contributed by atoms with Crippen LogP contribution in [0.3, 0.4) is 0 Å². The molecule has 322 valence electrons. The number of allylic oxidation sites excluding steroid dienone is 3. The summed E-state index contributed by atoms with van der Waals surface area (Å²) in [6.45, 7) is 9.41. The van der Waals surface area contributed by atoms with Crippen LogP contribution < -0.4 is 19.6 Å². The van der Waals surface area contributed by atoms with Crippen molar-refractivity contribution in [3.63, 3.8) is 0 Å². The van der Waals surface area contributed by atoms with Crippen molar-refractivity contribution in [1.82, 2.24) is 9.30 Å².